The number of aromatic nitrogens is 6. The summed E-state index contributed by atoms with van der Waals surface area (Å²) in [5, 5.41) is 13.8. The Labute approximate surface area is 299 Å². The molecule has 6 aromatic rings. The number of hydrogen-bond acceptors (Lipinski definition) is 9. The van der Waals surface area contributed by atoms with Gasteiger partial charge in [0.15, 0.2) is 0 Å². The van der Waals surface area contributed by atoms with Gasteiger partial charge in [0.1, 0.15) is 11.5 Å². The number of nitrogens with zero attached hydrogens (tertiary/aromatic N) is 7. The molecular formula is C42H30FN9. The van der Waals surface area contributed by atoms with Gasteiger partial charge in [-0.2, -0.15) is 5.10 Å². The summed E-state index contributed by atoms with van der Waals surface area (Å²) < 4.78 is 13.6. The van der Waals surface area contributed by atoms with Gasteiger partial charge in [0, 0.05) is 77.4 Å². The molecule has 0 saturated carbocycles. The lowest BCUT2D eigenvalue weighted by Gasteiger charge is -2.19. The zero-order chi connectivity index (χ0) is 35.3. The molecule has 1 unspecified atom stereocenters. The first-order chi connectivity index (χ1) is 25.6. The number of rotatable bonds is 8. The average molecular weight is 680 g/mol. The minimum atomic E-state index is -0.268. The van der Waals surface area contributed by atoms with Crippen molar-refractivity contribution in [1.29, 1.82) is 5.41 Å². The van der Waals surface area contributed by atoms with E-state index >= 15 is 0 Å². The van der Waals surface area contributed by atoms with Crippen LogP contribution < -0.4 is 5.43 Å². The summed E-state index contributed by atoms with van der Waals surface area (Å²) in [6.45, 7) is 0. The van der Waals surface area contributed by atoms with Crippen LogP contribution in [0.2, 0.25) is 0 Å². The maximum Gasteiger partial charge on any atom is 0.119 e. The Bertz CT molecular complexity index is 2380. The molecule has 9 nitrogen and oxygen atoms in total. The number of pyridine rings is 6. The van der Waals surface area contributed by atoms with Gasteiger partial charge < -0.3 is 5.43 Å². The van der Waals surface area contributed by atoms with Crippen LogP contribution in [0, 0.1) is 5.41 Å². The van der Waals surface area contributed by atoms with Crippen molar-refractivity contribution in [1.82, 2.24) is 35.3 Å². The normalized spacial score (nSPS) is 16.2. The molecule has 2 aliphatic rings. The maximum atomic E-state index is 13.6. The Kier molecular flexibility index (Phi) is 8.92. The zero-order valence-electron chi connectivity index (χ0n) is 27.7. The summed E-state index contributed by atoms with van der Waals surface area (Å²) in [4.78, 5) is 26.9. The van der Waals surface area contributed by atoms with Crippen LogP contribution in [0.5, 0.6) is 0 Å². The smallest absolute Gasteiger partial charge is 0.119 e. The van der Waals surface area contributed by atoms with Gasteiger partial charge in [-0.25, -0.2) is 4.39 Å². The summed E-state index contributed by atoms with van der Waals surface area (Å²) >= 11 is 0. The zero-order valence-corrected chi connectivity index (χ0v) is 27.7. The minimum absolute atomic E-state index is 0.192. The molecule has 0 amide bonds. The number of hydrazone groups is 1. The Morgan fingerprint density at radius 1 is 0.596 bits per heavy atom. The van der Waals surface area contributed by atoms with E-state index in [2.05, 4.69) is 30.5 Å². The highest BCUT2D eigenvalue weighted by molar-refractivity contribution is 6.62. The van der Waals surface area contributed by atoms with Gasteiger partial charge in [0.2, 0.25) is 0 Å². The first-order valence-corrected chi connectivity index (χ1v) is 16.6. The number of allylic oxidation sites excluding steroid dienone is 6. The number of nitrogens with one attached hydrogen (secondary N) is 2. The number of halogens is 1. The van der Waals surface area contributed by atoms with Crippen molar-refractivity contribution in [3.05, 3.63) is 170 Å². The SMILES string of the molecule is N=C1C(c2ccc(-c3ccc(-c4ccncc4)cn3)nc2)=CC(c2ccc(-c3ccc(-c4ccncc4)cn3)nc2)=C/C1=N/NC1C=CC(F)=CC1. The van der Waals surface area contributed by atoms with Crippen molar-refractivity contribution in [3.8, 4) is 45.0 Å². The highest BCUT2D eigenvalue weighted by Gasteiger charge is 2.21. The van der Waals surface area contributed by atoms with E-state index in [1.54, 1.807) is 43.3 Å². The van der Waals surface area contributed by atoms with Gasteiger partial charge in [-0.3, -0.25) is 35.3 Å². The second kappa shape index (κ2) is 14.4. The van der Waals surface area contributed by atoms with Crippen molar-refractivity contribution in [2.75, 3.05) is 0 Å². The molecule has 10 heteroatoms. The van der Waals surface area contributed by atoms with Crippen LogP contribution in [0.4, 0.5) is 4.39 Å². The molecule has 0 saturated heterocycles. The van der Waals surface area contributed by atoms with Crippen LogP contribution in [-0.2, 0) is 0 Å². The van der Waals surface area contributed by atoms with Gasteiger partial charge in [0.05, 0.1) is 34.5 Å². The van der Waals surface area contributed by atoms with Crippen LogP contribution in [0.1, 0.15) is 17.5 Å². The van der Waals surface area contributed by atoms with E-state index in [1.807, 2.05) is 97.3 Å². The van der Waals surface area contributed by atoms with Gasteiger partial charge in [-0.1, -0.05) is 30.3 Å². The predicted molar refractivity (Wildman–Crippen MR) is 202 cm³/mol. The molecular weight excluding hydrogens is 650 g/mol. The van der Waals surface area contributed by atoms with E-state index in [9.17, 15) is 4.39 Å². The highest BCUT2D eigenvalue weighted by atomic mass is 19.1. The molecule has 1 atom stereocenters. The summed E-state index contributed by atoms with van der Waals surface area (Å²) in [6.07, 6.45) is 23.2. The van der Waals surface area contributed by atoms with Crippen molar-refractivity contribution in [2.24, 2.45) is 5.10 Å². The molecule has 8 rings (SSSR count). The fraction of sp³-hybridized carbons (Fsp3) is 0.0476. The third-order valence-corrected chi connectivity index (χ3v) is 8.77. The van der Waals surface area contributed by atoms with E-state index in [1.165, 1.54) is 12.2 Å². The fourth-order valence-corrected chi connectivity index (χ4v) is 5.89. The Hall–Kier alpha value is -7.07. The molecule has 2 aliphatic carbocycles. The summed E-state index contributed by atoms with van der Waals surface area (Å²) in [7, 11) is 0. The minimum Gasteiger partial charge on any atom is -0.302 e. The van der Waals surface area contributed by atoms with E-state index in [0.717, 1.165) is 56.0 Å². The van der Waals surface area contributed by atoms with Gasteiger partial charge in [-0.05, 0) is 96.0 Å². The topological polar surface area (TPSA) is 126 Å². The third kappa shape index (κ3) is 6.99. The molecule has 0 spiro atoms. The lowest BCUT2D eigenvalue weighted by atomic mass is 9.89. The largest absolute Gasteiger partial charge is 0.302 e. The standard InChI is InChI=1S/C42H30FN9/c43-34-5-7-35(8-6-34)51-52-41-22-33(31-3-11-39(49-25-31)37-9-1-29(23-47-37)27-13-17-45-18-14-27)21-36(42(41)44)32-4-12-40(50-26-32)38-10-2-30(24-48-38)28-15-19-46-20-16-28/h1-7,9-26,35,44,51H,8H2/b44-42?,52-41-. The molecule has 0 radical (unpaired) electrons. The fourth-order valence-electron chi connectivity index (χ4n) is 5.89. The van der Waals surface area contributed by atoms with Crippen LogP contribution in [0.3, 0.4) is 0 Å². The Morgan fingerprint density at radius 3 is 1.56 bits per heavy atom. The molecule has 0 bridgehead atoms. The van der Waals surface area contributed by atoms with Crippen molar-refractivity contribution in [2.45, 2.75) is 12.5 Å². The van der Waals surface area contributed by atoms with Crippen molar-refractivity contribution in [3.63, 3.8) is 0 Å². The average Bonchev–Trinajstić information content (AvgIpc) is 3.22. The van der Waals surface area contributed by atoms with Crippen LogP contribution in [0.25, 0.3) is 56.2 Å². The lowest BCUT2D eigenvalue weighted by molar-refractivity contribution is 0.591. The van der Waals surface area contributed by atoms with Crippen LogP contribution in [0.15, 0.2) is 164 Å². The summed E-state index contributed by atoms with van der Waals surface area (Å²) in [5.41, 5.74) is 13.9. The molecule has 0 fully saturated rings. The van der Waals surface area contributed by atoms with E-state index in [0.29, 0.717) is 23.4 Å². The predicted octanol–water partition coefficient (Wildman–Crippen LogP) is 8.35. The molecule has 6 aromatic heterocycles. The van der Waals surface area contributed by atoms with Gasteiger partial charge in [-0.15, -0.1) is 0 Å². The highest BCUT2D eigenvalue weighted by Crippen LogP contribution is 2.30. The van der Waals surface area contributed by atoms with Crippen LogP contribution >= 0.6 is 0 Å². The number of hydrogen-bond donors (Lipinski definition) is 2. The second-order valence-corrected chi connectivity index (χ2v) is 12.1. The molecule has 250 valence electrons. The lowest BCUT2D eigenvalue weighted by Crippen LogP contribution is -2.27. The van der Waals surface area contributed by atoms with Gasteiger partial charge >= 0.3 is 0 Å². The molecule has 2 N–H and O–H groups in total. The second-order valence-electron chi connectivity index (χ2n) is 12.1. The van der Waals surface area contributed by atoms with E-state index < -0.39 is 0 Å². The summed E-state index contributed by atoms with van der Waals surface area (Å²) in [6, 6.07) is 23.3. The van der Waals surface area contributed by atoms with Crippen molar-refractivity contribution < 1.29 is 4.39 Å². The molecule has 6 heterocycles. The monoisotopic (exact) mass is 679 g/mol. The summed E-state index contributed by atoms with van der Waals surface area (Å²) in [5.74, 6) is -0.268. The first kappa shape index (κ1) is 32.2. The molecule has 52 heavy (non-hydrogen) atoms. The third-order valence-electron chi connectivity index (χ3n) is 8.77. The van der Waals surface area contributed by atoms with Gasteiger partial charge in [0.25, 0.3) is 0 Å². The van der Waals surface area contributed by atoms with E-state index in [-0.39, 0.29) is 17.6 Å². The maximum absolute atomic E-state index is 13.6. The van der Waals surface area contributed by atoms with Crippen molar-refractivity contribution >= 4 is 22.6 Å². The van der Waals surface area contributed by atoms with Crippen LogP contribution in [-0.4, -0.2) is 47.4 Å². The molecule has 0 aliphatic heterocycles. The van der Waals surface area contributed by atoms with E-state index in [4.69, 9.17) is 15.4 Å². The Balaban J connectivity index is 1.07. The first-order valence-electron chi connectivity index (χ1n) is 16.6. The molecule has 0 aromatic carbocycles. The Morgan fingerprint density at radius 2 is 1.10 bits per heavy atom. The quantitative estimate of drug-likeness (QED) is 0.122.